The molecule has 0 aliphatic carbocycles. The van der Waals surface area contributed by atoms with Gasteiger partial charge in [-0.3, -0.25) is 0 Å². The lowest BCUT2D eigenvalue weighted by Gasteiger charge is -2.12. The molecule has 1 N–H and O–H groups in total. The SMILES string of the molecule is CN(C)CCNc1ccc(Cl)cc1Cl. The molecule has 0 aliphatic heterocycles. The standard InChI is InChI=1S/C10H14Cl2N2/c1-14(2)6-5-13-10-4-3-8(11)7-9(10)12/h3-4,7,13H,5-6H2,1-2H3. The van der Waals surface area contributed by atoms with Crippen LogP contribution < -0.4 is 5.32 Å². The zero-order valence-electron chi connectivity index (χ0n) is 8.35. The second-order valence-corrected chi connectivity index (χ2v) is 4.20. The first-order valence-corrected chi connectivity index (χ1v) is 5.19. The van der Waals surface area contributed by atoms with Gasteiger partial charge in [-0.2, -0.15) is 0 Å². The second kappa shape index (κ2) is 5.44. The van der Waals surface area contributed by atoms with Gasteiger partial charge in [0.2, 0.25) is 0 Å². The van der Waals surface area contributed by atoms with Crippen LogP contribution in [-0.4, -0.2) is 32.1 Å². The minimum atomic E-state index is 0.660. The molecule has 0 amide bonds. The average Bonchev–Trinajstić information content (AvgIpc) is 2.08. The summed E-state index contributed by atoms with van der Waals surface area (Å²) in [5.41, 5.74) is 0.929. The third-order valence-corrected chi connectivity index (χ3v) is 2.35. The number of likely N-dealkylation sites (N-methyl/N-ethyl adjacent to an activating group) is 1. The molecule has 0 unspecified atom stereocenters. The summed E-state index contributed by atoms with van der Waals surface area (Å²) in [5.74, 6) is 0. The van der Waals surface area contributed by atoms with Crippen molar-refractivity contribution in [3.63, 3.8) is 0 Å². The van der Waals surface area contributed by atoms with Gasteiger partial charge in [0.25, 0.3) is 0 Å². The largest absolute Gasteiger partial charge is 0.383 e. The number of rotatable bonds is 4. The van der Waals surface area contributed by atoms with Crippen molar-refractivity contribution in [2.75, 3.05) is 32.5 Å². The molecule has 0 saturated carbocycles. The van der Waals surface area contributed by atoms with E-state index in [0.29, 0.717) is 10.0 Å². The van der Waals surface area contributed by atoms with E-state index in [2.05, 4.69) is 10.2 Å². The van der Waals surface area contributed by atoms with Gasteiger partial charge in [0.1, 0.15) is 0 Å². The van der Waals surface area contributed by atoms with Crippen molar-refractivity contribution in [3.05, 3.63) is 28.2 Å². The third-order valence-electron chi connectivity index (χ3n) is 1.81. The van der Waals surface area contributed by atoms with E-state index in [1.165, 1.54) is 0 Å². The topological polar surface area (TPSA) is 15.3 Å². The third kappa shape index (κ3) is 3.74. The molecule has 0 radical (unpaired) electrons. The molecule has 1 aromatic carbocycles. The smallest absolute Gasteiger partial charge is 0.0652 e. The predicted molar refractivity (Wildman–Crippen MR) is 63.5 cm³/mol. The van der Waals surface area contributed by atoms with E-state index in [0.717, 1.165) is 18.8 Å². The van der Waals surface area contributed by atoms with Crippen molar-refractivity contribution in [3.8, 4) is 0 Å². The molecule has 2 nitrogen and oxygen atoms in total. The van der Waals surface area contributed by atoms with E-state index in [4.69, 9.17) is 23.2 Å². The van der Waals surface area contributed by atoms with E-state index >= 15 is 0 Å². The van der Waals surface area contributed by atoms with Gasteiger partial charge < -0.3 is 10.2 Å². The summed E-state index contributed by atoms with van der Waals surface area (Å²) in [6.07, 6.45) is 0. The Bertz CT molecular complexity index is 300. The van der Waals surface area contributed by atoms with E-state index in [1.807, 2.05) is 26.2 Å². The molecular formula is C10H14Cl2N2. The Hall–Kier alpha value is -0.440. The van der Waals surface area contributed by atoms with E-state index in [1.54, 1.807) is 6.07 Å². The van der Waals surface area contributed by atoms with Crippen molar-refractivity contribution >= 4 is 28.9 Å². The highest BCUT2D eigenvalue weighted by Crippen LogP contribution is 2.24. The van der Waals surface area contributed by atoms with Crippen LogP contribution in [0, 0.1) is 0 Å². The Balaban J connectivity index is 2.51. The number of nitrogens with zero attached hydrogens (tertiary/aromatic N) is 1. The highest BCUT2D eigenvalue weighted by molar-refractivity contribution is 6.36. The Morgan fingerprint density at radius 2 is 2.00 bits per heavy atom. The van der Waals surface area contributed by atoms with Gasteiger partial charge >= 0.3 is 0 Å². The molecule has 0 bridgehead atoms. The lowest BCUT2D eigenvalue weighted by Crippen LogP contribution is -2.20. The number of anilines is 1. The highest BCUT2D eigenvalue weighted by Gasteiger charge is 1.99. The molecule has 0 heterocycles. The van der Waals surface area contributed by atoms with Gasteiger partial charge in [0.05, 0.1) is 10.7 Å². The molecule has 0 atom stereocenters. The van der Waals surface area contributed by atoms with Crippen LogP contribution in [-0.2, 0) is 0 Å². The number of nitrogens with one attached hydrogen (secondary N) is 1. The summed E-state index contributed by atoms with van der Waals surface area (Å²) in [5, 5.41) is 4.56. The Morgan fingerprint density at radius 3 is 2.57 bits per heavy atom. The molecule has 1 aromatic rings. The number of hydrogen-bond acceptors (Lipinski definition) is 2. The normalized spacial score (nSPS) is 10.6. The van der Waals surface area contributed by atoms with Crippen LogP contribution in [0.15, 0.2) is 18.2 Å². The summed E-state index contributed by atoms with van der Waals surface area (Å²) in [6, 6.07) is 5.45. The Labute approximate surface area is 94.8 Å². The van der Waals surface area contributed by atoms with Crippen LogP contribution in [0.1, 0.15) is 0 Å². The van der Waals surface area contributed by atoms with E-state index < -0.39 is 0 Å². The molecular weight excluding hydrogens is 219 g/mol. The highest BCUT2D eigenvalue weighted by atomic mass is 35.5. The summed E-state index contributed by atoms with van der Waals surface area (Å²) >= 11 is 11.8. The maximum absolute atomic E-state index is 5.98. The fourth-order valence-corrected chi connectivity index (χ4v) is 1.52. The average molecular weight is 233 g/mol. The van der Waals surface area contributed by atoms with Crippen molar-refractivity contribution < 1.29 is 0 Å². The van der Waals surface area contributed by atoms with Crippen molar-refractivity contribution in [2.24, 2.45) is 0 Å². The van der Waals surface area contributed by atoms with Crippen LogP contribution in [0.4, 0.5) is 5.69 Å². The first-order chi connectivity index (χ1) is 6.59. The maximum atomic E-state index is 5.98. The zero-order valence-corrected chi connectivity index (χ0v) is 9.86. The van der Waals surface area contributed by atoms with E-state index in [9.17, 15) is 0 Å². The van der Waals surface area contributed by atoms with Crippen LogP contribution in [0.3, 0.4) is 0 Å². The van der Waals surface area contributed by atoms with Gasteiger partial charge in [-0.15, -0.1) is 0 Å². The molecule has 0 saturated heterocycles. The van der Waals surface area contributed by atoms with E-state index in [-0.39, 0.29) is 0 Å². The van der Waals surface area contributed by atoms with Crippen LogP contribution in [0.2, 0.25) is 10.0 Å². The molecule has 0 spiro atoms. The van der Waals surface area contributed by atoms with Gasteiger partial charge in [-0.1, -0.05) is 23.2 Å². The second-order valence-electron chi connectivity index (χ2n) is 3.35. The lowest BCUT2D eigenvalue weighted by atomic mass is 10.3. The van der Waals surface area contributed by atoms with Crippen LogP contribution >= 0.6 is 23.2 Å². The fraction of sp³-hybridized carbons (Fsp3) is 0.400. The quantitative estimate of drug-likeness (QED) is 0.859. The Kier molecular flexibility index (Phi) is 4.52. The summed E-state index contributed by atoms with van der Waals surface area (Å²) in [4.78, 5) is 2.11. The molecule has 0 fully saturated rings. The lowest BCUT2D eigenvalue weighted by molar-refractivity contribution is 0.425. The maximum Gasteiger partial charge on any atom is 0.0652 e. The van der Waals surface area contributed by atoms with Gasteiger partial charge in [0, 0.05) is 18.1 Å². The van der Waals surface area contributed by atoms with Gasteiger partial charge in [0.15, 0.2) is 0 Å². The fourth-order valence-electron chi connectivity index (χ4n) is 1.05. The van der Waals surface area contributed by atoms with Crippen molar-refractivity contribution in [1.29, 1.82) is 0 Å². The van der Waals surface area contributed by atoms with Crippen LogP contribution in [0.5, 0.6) is 0 Å². The summed E-state index contributed by atoms with van der Waals surface area (Å²) in [7, 11) is 4.07. The molecule has 14 heavy (non-hydrogen) atoms. The first-order valence-electron chi connectivity index (χ1n) is 4.43. The van der Waals surface area contributed by atoms with Crippen LogP contribution in [0.25, 0.3) is 0 Å². The van der Waals surface area contributed by atoms with Crippen molar-refractivity contribution in [2.45, 2.75) is 0 Å². The number of halogens is 2. The van der Waals surface area contributed by atoms with Gasteiger partial charge in [-0.25, -0.2) is 0 Å². The number of benzene rings is 1. The molecule has 0 aromatic heterocycles. The first kappa shape index (κ1) is 11.6. The van der Waals surface area contributed by atoms with Gasteiger partial charge in [-0.05, 0) is 32.3 Å². The molecule has 4 heteroatoms. The zero-order chi connectivity index (χ0) is 10.6. The minimum Gasteiger partial charge on any atom is -0.383 e. The molecule has 78 valence electrons. The minimum absolute atomic E-state index is 0.660. The Morgan fingerprint density at radius 1 is 1.29 bits per heavy atom. The number of hydrogen-bond donors (Lipinski definition) is 1. The molecule has 1 rings (SSSR count). The summed E-state index contributed by atoms with van der Waals surface area (Å²) in [6.45, 7) is 1.84. The summed E-state index contributed by atoms with van der Waals surface area (Å²) < 4.78 is 0. The van der Waals surface area contributed by atoms with Crippen molar-refractivity contribution in [1.82, 2.24) is 4.90 Å². The predicted octanol–water partition coefficient (Wildman–Crippen LogP) is 2.97. The monoisotopic (exact) mass is 232 g/mol. The molecule has 0 aliphatic rings.